The standard InChI is InChI=1S/C11H15NO3/c1-3-15-11(14)10(13)8(2)9-5-4-6-12-7-9/h4-8,10,13H,3H2,1-2H3/t8-,10+/m1/s1. The highest BCUT2D eigenvalue weighted by molar-refractivity contribution is 5.75. The third kappa shape index (κ3) is 3.02. The molecule has 82 valence electrons. The second-order valence-electron chi connectivity index (χ2n) is 3.27. The van der Waals surface area contributed by atoms with Crippen molar-refractivity contribution in [2.24, 2.45) is 0 Å². The normalized spacial score (nSPS) is 14.3. The Morgan fingerprint density at radius 2 is 2.40 bits per heavy atom. The fraction of sp³-hybridized carbons (Fsp3) is 0.455. The zero-order chi connectivity index (χ0) is 11.3. The summed E-state index contributed by atoms with van der Waals surface area (Å²) in [5.41, 5.74) is 0.818. The van der Waals surface area contributed by atoms with Crippen molar-refractivity contribution < 1.29 is 14.6 Å². The van der Waals surface area contributed by atoms with Crippen LogP contribution in [0.5, 0.6) is 0 Å². The van der Waals surface area contributed by atoms with E-state index in [0.717, 1.165) is 5.56 Å². The minimum atomic E-state index is -1.13. The average Bonchev–Trinajstić information content (AvgIpc) is 2.28. The molecule has 0 saturated carbocycles. The summed E-state index contributed by atoms with van der Waals surface area (Å²) in [6, 6.07) is 3.59. The van der Waals surface area contributed by atoms with Gasteiger partial charge < -0.3 is 9.84 Å². The van der Waals surface area contributed by atoms with Crippen molar-refractivity contribution in [2.75, 3.05) is 6.61 Å². The first kappa shape index (κ1) is 11.7. The number of aliphatic hydroxyl groups excluding tert-OH is 1. The summed E-state index contributed by atoms with van der Waals surface area (Å²) < 4.78 is 4.74. The fourth-order valence-electron chi connectivity index (χ4n) is 1.26. The molecule has 15 heavy (non-hydrogen) atoms. The highest BCUT2D eigenvalue weighted by Crippen LogP contribution is 2.18. The molecule has 4 heteroatoms. The Labute approximate surface area is 88.9 Å². The van der Waals surface area contributed by atoms with Crippen molar-refractivity contribution in [3.05, 3.63) is 30.1 Å². The smallest absolute Gasteiger partial charge is 0.335 e. The molecule has 0 aliphatic rings. The Balaban J connectivity index is 2.68. The second-order valence-corrected chi connectivity index (χ2v) is 3.27. The Hall–Kier alpha value is -1.42. The van der Waals surface area contributed by atoms with Crippen LogP contribution in [0.25, 0.3) is 0 Å². The number of nitrogens with zero attached hydrogens (tertiary/aromatic N) is 1. The number of hydrogen-bond acceptors (Lipinski definition) is 4. The second kappa shape index (κ2) is 5.46. The number of rotatable bonds is 4. The summed E-state index contributed by atoms with van der Waals surface area (Å²) in [5, 5.41) is 9.67. The molecule has 0 spiro atoms. The van der Waals surface area contributed by atoms with Crippen molar-refractivity contribution in [1.82, 2.24) is 4.98 Å². The van der Waals surface area contributed by atoms with Crippen molar-refractivity contribution in [2.45, 2.75) is 25.9 Å². The number of pyridine rings is 1. The lowest BCUT2D eigenvalue weighted by Crippen LogP contribution is -2.28. The molecule has 0 radical (unpaired) electrons. The highest BCUT2D eigenvalue weighted by atomic mass is 16.5. The van der Waals surface area contributed by atoms with Gasteiger partial charge in [0.1, 0.15) is 0 Å². The van der Waals surface area contributed by atoms with E-state index in [9.17, 15) is 9.90 Å². The summed E-state index contributed by atoms with van der Waals surface area (Å²) in [5.74, 6) is -0.897. The zero-order valence-electron chi connectivity index (χ0n) is 8.88. The van der Waals surface area contributed by atoms with Crippen LogP contribution in [-0.4, -0.2) is 28.8 Å². The number of carbonyl (C=O) groups excluding carboxylic acids is 1. The highest BCUT2D eigenvalue weighted by Gasteiger charge is 2.24. The van der Waals surface area contributed by atoms with Gasteiger partial charge in [-0.15, -0.1) is 0 Å². The van der Waals surface area contributed by atoms with E-state index in [2.05, 4.69) is 4.98 Å². The molecule has 1 rings (SSSR count). The van der Waals surface area contributed by atoms with Crippen molar-refractivity contribution in [3.8, 4) is 0 Å². The molecule has 0 fully saturated rings. The van der Waals surface area contributed by atoms with Gasteiger partial charge >= 0.3 is 5.97 Å². The van der Waals surface area contributed by atoms with Crippen LogP contribution in [0.4, 0.5) is 0 Å². The molecule has 0 saturated heterocycles. The molecule has 0 aromatic carbocycles. The quantitative estimate of drug-likeness (QED) is 0.754. The van der Waals surface area contributed by atoms with Gasteiger partial charge in [-0.3, -0.25) is 4.98 Å². The maximum absolute atomic E-state index is 11.3. The van der Waals surface area contributed by atoms with E-state index in [1.807, 2.05) is 6.07 Å². The minimum absolute atomic E-state index is 0.273. The van der Waals surface area contributed by atoms with E-state index in [0.29, 0.717) is 0 Å². The summed E-state index contributed by atoms with van der Waals surface area (Å²) >= 11 is 0. The van der Waals surface area contributed by atoms with Gasteiger partial charge in [-0.1, -0.05) is 13.0 Å². The van der Waals surface area contributed by atoms with Crippen molar-refractivity contribution in [1.29, 1.82) is 0 Å². The molecule has 0 amide bonds. The van der Waals surface area contributed by atoms with E-state index in [1.165, 1.54) is 0 Å². The molecular formula is C11H15NO3. The molecule has 0 aliphatic carbocycles. The third-order valence-corrected chi connectivity index (χ3v) is 2.21. The predicted octanol–water partition coefficient (Wildman–Crippen LogP) is 1.11. The van der Waals surface area contributed by atoms with Gasteiger partial charge in [0.05, 0.1) is 6.61 Å². The molecule has 0 bridgehead atoms. The predicted molar refractivity (Wildman–Crippen MR) is 55.3 cm³/mol. The lowest BCUT2D eigenvalue weighted by atomic mass is 9.97. The van der Waals surface area contributed by atoms with Crippen molar-refractivity contribution in [3.63, 3.8) is 0 Å². The van der Waals surface area contributed by atoms with E-state index in [1.54, 1.807) is 32.3 Å². The van der Waals surface area contributed by atoms with Crippen LogP contribution in [0.2, 0.25) is 0 Å². The van der Waals surface area contributed by atoms with Gasteiger partial charge in [0.25, 0.3) is 0 Å². The maximum atomic E-state index is 11.3. The molecule has 2 atom stereocenters. The minimum Gasteiger partial charge on any atom is -0.464 e. The van der Waals surface area contributed by atoms with Gasteiger partial charge in [0.15, 0.2) is 6.10 Å². The van der Waals surface area contributed by atoms with Gasteiger partial charge in [0, 0.05) is 18.3 Å². The number of carbonyl (C=O) groups is 1. The summed E-state index contributed by atoms with van der Waals surface area (Å²) in [7, 11) is 0. The number of esters is 1. The number of hydrogen-bond donors (Lipinski definition) is 1. The molecular weight excluding hydrogens is 194 g/mol. The summed E-state index contributed by atoms with van der Waals surface area (Å²) in [6.07, 6.45) is 2.15. The average molecular weight is 209 g/mol. The molecule has 0 aliphatic heterocycles. The molecule has 4 nitrogen and oxygen atoms in total. The molecule has 1 heterocycles. The lowest BCUT2D eigenvalue weighted by molar-refractivity contribution is -0.154. The maximum Gasteiger partial charge on any atom is 0.335 e. The third-order valence-electron chi connectivity index (χ3n) is 2.21. The SMILES string of the molecule is CCOC(=O)[C@@H](O)[C@H](C)c1cccnc1. The Kier molecular flexibility index (Phi) is 4.24. The van der Waals surface area contributed by atoms with E-state index in [4.69, 9.17) is 4.74 Å². The van der Waals surface area contributed by atoms with Crippen LogP contribution in [0, 0.1) is 0 Å². The number of aliphatic hydroxyl groups is 1. The summed E-state index contributed by atoms with van der Waals surface area (Å²) in [4.78, 5) is 15.2. The van der Waals surface area contributed by atoms with Crippen LogP contribution in [-0.2, 0) is 9.53 Å². The van der Waals surface area contributed by atoms with Crippen LogP contribution >= 0.6 is 0 Å². The van der Waals surface area contributed by atoms with Gasteiger partial charge in [-0.05, 0) is 18.6 Å². The Bertz CT molecular complexity index is 313. The topological polar surface area (TPSA) is 59.4 Å². The first-order valence-corrected chi connectivity index (χ1v) is 4.91. The van der Waals surface area contributed by atoms with E-state index >= 15 is 0 Å². The number of aromatic nitrogens is 1. The first-order valence-electron chi connectivity index (χ1n) is 4.91. The lowest BCUT2D eigenvalue weighted by Gasteiger charge is -2.16. The Morgan fingerprint density at radius 3 is 2.93 bits per heavy atom. The molecule has 1 N–H and O–H groups in total. The van der Waals surface area contributed by atoms with Gasteiger partial charge in [-0.25, -0.2) is 4.79 Å². The van der Waals surface area contributed by atoms with Crippen LogP contribution in [0.3, 0.4) is 0 Å². The largest absolute Gasteiger partial charge is 0.464 e. The van der Waals surface area contributed by atoms with Crippen LogP contribution in [0.15, 0.2) is 24.5 Å². The van der Waals surface area contributed by atoms with Crippen molar-refractivity contribution >= 4 is 5.97 Å². The fourth-order valence-corrected chi connectivity index (χ4v) is 1.26. The van der Waals surface area contributed by atoms with E-state index in [-0.39, 0.29) is 12.5 Å². The molecule has 1 aromatic rings. The van der Waals surface area contributed by atoms with E-state index < -0.39 is 12.1 Å². The van der Waals surface area contributed by atoms with Gasteiger partial charge in [0.2, 0.25) is 0 Å². The zero-order valence-corrected chi connectivity index (χ0v) is 8.88. The monoisotopic (exact) mass is 209 g/mol. The first-order chi connectivity index (χ1) is 7.16. The Morgan fingerprint density at radius 1 is 1.67 bits per heavy atom. The van der Waals surface area contributed by atoms with Gasteiger partial charge in [-0.2, -0.15) is 0 Å². The van der Waals surface area contributed by atoms with Crippen LogP contribution in [0.1, 0.15) is 25.3 Å². The summed E-state index contributed by atoms with van der Waals surface area (Å²) in [6.45, 7) is 3.74. The molecule has 0 unspecified atom stereocenters. The number of ether oxygens (including phenoxy) is 1. The van der Waals surface area contributed by atoms with Crippen LogP contribution < -0.4 is 0 Å². The molecule has 1 aromatic heterocycles.